The molecule has 5 nitrogen and oxygen atoms in total. The van der Waals surface area contributed by atoms with Crippen LogP contribution < -0.4 is 20.1 Å². The lowest BCUT2D eigenvalue weighted by Gasteiger charge is -2.08. The normalized spacial score (nSPS) is 12.7. The fraction of sp³-hybridized carbons (Fsp3) is 0.143. The fourth-order valence-corrected chi connectivity index (χ4v) is 3.53. The summed E-state index contributed by atoms with van der Waals surface area (Å²) in [6, 6.07) is 10.6. The van der Waals surface area contributed by atoms with Crippen LogP contribution in [0.3, 0.4) is 0 Å². The van der Waals surface area contributed by atoms with Crippen LogP contribution >= 0.6 is 0 Å². The Bertz CT molecular complexity index is 1250. The van der Waals surface area contributed by atoms with E-state index >= 15 is 0 Å². The number of benzene rings is 3. The smallest absolute Gasteiger partial charge is 0.308 e. The Morgan fingerprint density at radius 2 is 1.62 bits per heavy atom. The lowest BCUT2D eigenvalue weighted by molar-refractivity contribution is -0.131. The number of aliphatic hydroxyl groups excluding tert-OH is 1. The van der Waals surface area contributed by atoms with Crippen LogP contribution in [0.15, 0.2) is 41.2 Å². The zero-order chi connectivity index (χ0) is 18.6. The van der Waals surface area contributed by atoms with Gasteiger partial charge in [0.1, 0.15) is 17.3 Å². The van der Waals surface area contributed by atoms with Gasteiger partial charge in [0.2, 0.25) is 0 Å². The molecule has 2 aromatic rings. The van der Waals surface area contributed by atoms with E-state index in [2.05, 4.69) is 0 Å². The van der Waals surface area contributed by atoms with Crippen molar-refractivity contribution >= 4 is 33.3 Å². The number of esters is 1. The number of hydrogen-bond acceptors (Lipinski definition) is 5. The molecule has 1 N–H and O–H groups in total. The Kier molecular flexibility index (Phi) is 3.47. The van der Waals surface area contributed by atoms with E-state index in [0.29, 0.717) is 16.9 Å². The summed E-state index contributed by atoms with van der Waals surface area (Å²) >= 11 is 0. The van der Waals surface area contributed by atoms with E-state index < -0.39 is 5.97 Å². The van der Waals surface area contributed by atoms with Crippen LogP contribution in [0.5, 0.6) is 11.5 Å². The summed E-state index contributed by atoms with van der Waals surface area (Å²) < 4.78 is 10.6. The van der Waals surface area contributed by atoms with E-state index in [9.17, 15) is 14.7 Å². The van der Waals surface area contributed by atoms with Crippen molar-refractivity contribution in [3.63, 3.8) is 0 Å². The van der Waals surface area contributed by atoms with Crippen molar-refractivity contribution in [1.29, 1.82) is 0 Å². The first-order valence-electron chi connectivity index (χ1n) is 8.12. The van der Waals surface area contributed by atoms with Crippen LogP contribution in [0.25, 0.3) is 38.4 Å². The molecule has 0 aromatic heterocycles. The molecule has 0 radical (unpaired) electrons. The summed E-state index contributed by atoms with van der Waals surface area (Å²) in [5, 5.41) is 13.4. The maximum absolute atomic E-state index is 12.8. The number of fused-ring (bicyclic) bond motifs is 3. The highest BCUT2D eigenvalue weighted by Gasteiger charge is 2.22. The molecule has 2 aliphatic rings. The van der Waals surface area contributed by atoms with E-state index in [-0.39, 0.29) is 16.4 Å². The number of methoxy groups -OCH3 is 1. The highest BCUT2D eigenvalue weighted by Crippen LogP contribution is 2.44. The lowest BCUT2D eigenvalue weighted by Crippen LogP contribution is -2.27. The molecule has 0 amide bonds. The zero-order valence-electron chi connectivity index (χ0n) is 14.5. The van der Waals surface area contributed by atoms with Crippen molar-refractivity contribution in [2.45, 2.75) is 13.8 Å². The molecule has 0 unspecified atom stereocenters. The van der Waals surface area contributed by atoms with Crippen LogP contribution in [-0.4, -0.2) is 18.2 Å². The Morgan fingerprint density at radius 3 is 2.27 bits per heavy atom. The minimum Gasteiger partial charge on any atom is -0.512 e. The second-order valence-corrected chi connectivity index (χ2v) is 6.28. The van der Waals surface area contributed by atoms with Gasteiger partial charge in [0, 0.05) is 17.9 Å². The second-order valence-electron chi connectivity index (χ2n) is 6.28. The van der Waals surface area contributed by atoms with Crippen LogP contribution in [0, 0.1) is 0 Å². The van der Waals surface area contributed by atoms with Crippen molar-refractivity contribution in [2.75, 3.05) is 7.11 Å². The van der Waals surface area contributed by atoms with E-state index in [0.717, 1.165) is 27.3 Å². The highest BCUT2D eigenvalue weighted by atomic mass is 16.5. The third-order valence-electron chi connectivity index (χ3n) is 4.62. The Balaban J connectivity index is 2.24. The quantitative estimate of drug-likeness (QED) is 0.445. The number of aliphatic hydroxyl groups is 1. The minimum atomic E-state index is -0.401. The number of hydrogen-bond donors (Lipinski definition) is 1. The molecule has 2 aliphatic carbocycles. The van der Waals surface area contributed by atoms with Gasteiger partial charge < -0.3 is 14.6 Å². The molecular weight excluding hydrogens is 332 g/mol. The molecule has 0 bridgehead atoms. The molecule has 0 atom stereocenters. The number of carbonyl (C=O) groups excluding carboxylic acids is 1. The third kappa shape index (κ3) is 2.24. The largest absolute Gasteiger partial charge is 0.512 e. The lowest BCUT2D eigenvalue weighted by atomic mass is 9.97. The monoisotopic (exact) mass is 348 g/mol. The molecular formula is C21H16O5. The van der Waals surface area contributed by atoms with Gasteiger partial charge in [0.05, 0.1) is 12.3 Å². The van der Waals surface area contributed by atoms with Crippen LogP contribution in [0.1, 0.15) is 13.8 Å². The van der Waals surface area contributed by atoms with Crippen molar-refractivity contribution in [3.8, 4) is 22.6 Å². The fourth-order valence-electron chi connectivity index (χ4n) is 3.53. The van der Waals surface area contributed by atoms with E-state index in [1.165, 1.54) is 13.8 Å². The summed E-state index contributed by atoms with van der Waals surface area (Å²) in [4.78, 5) is 24.1. The minimum absolute atomic E-state index is 0.0397. The topological polar surface area (TPSA) is 72.8 Å². The predicted molar refractivity (Wildman–Crippen MR) is 100 cm³/mol. The number of carbonyl (C=O) groups is 1. The molecule has 0 saturated carbocycles. The molecule has 26 heavy (non-hydrogen) atoms. The molecule has 0 aliphatic heterocycles. The highest BCUT2D eigenvalue weighted by molar-refractivity contribution is 6.22. The van der Waals surface area contributed by atoms with Gasteiger partial charge in [0.15, 0.2) is 5.43 Å². The molecule has 0 spiro atoms. The van der Waals surface area contributed by atoms with Crippen molar-refractivity contribution < 1.29 is 19.4 Å². The molecule has 2 aromatic carbocycles. The van der Waals surface area contributed by atoms with Gasteiger partial charge in [-0.25, -0.2) is 0 Å². The number of ether oxygens (including phenoxy) is 2. The predicted octanol–water partition coefficient (Wildman–Crippen LogP) is 3.23. The first kappa shape index (κ1) is 16.1. The summed E-state index contributed by atoms with van der Waals surface area (Å²) in [6.07, 6.45) is 0. The second kappa shape index (κ2) is 5.59. The first-order chi connectivity index (χ1) is 12.4. The molecule has 4 rings (SSSR count). The molecule has 0 saturated heterocycles. The Hall–Kier alpha value is -3.34. The molecule has 0 heterocycles. The summed E-state index contributed by atoms with van der Waals surface area (Å²) in [5.74, 6) is 0.561. The van der Waals surface area contributed by atoms with Gasteiger partial charge >= 0.3 is 5.97 Å². The van der Waals surface area contributed by atoms with E-state index in [1.54, 1.807) is 31.4 Å². The molecule has 130 valence electrons. The van der Waals surface area contributed by atoms with Gasteiger partial charge in [-0.1, -0.05) is 6.07 Å². The molecule has 0 fully saturated rings. The van der Waals surface area contributed by atoms with Gasteiger partial charge in [-0.2, -0.15) is 0 Å². The standard InChI is InChI=1S/C21H16O5/c1-10(22)15-9-18-16-6-12(26-11(2)23)4-5-14(16)17-7-13(25-3)8-19(20(17)18)21(15)24/h4-9,22H,1-3H3/b15-10-. The maximum Gasteiger partial charge on any atom is 0.308 e. The van der Waals surface area contributed by atoms with Crippen LogP contribution in [0.2, 0.25) is 0 Å². The zero-order valence-corrected chi connectivity index (χ0v) is 14.5. The van der Waals surface area contributed by atoms with Crippen molar-refractivity contribution in [3.05, 3.63) is 51.8 Å². The summed E-state index contributed by atoms with van der Waals surface area (Å²) in [5.41, 5.74) is 1.40. The SMILES string of the molecule is COc1cc2c3c(c1)c1ccc(OC(C)=O)cc1c-3c/c(=C(\C)O)c2=O. The average Bonchev–Trinajstić information content (AvgIpc) is 2.90. The van der Waals surface area contributed by atoms with Gasteiger partial charge in [-0.05, 0) is 59.0 Å². The van der Waals surface area contributed by atoms with Gasteiger partial charge in [0.25, 0.3) is 0 Å². The average molecular weight is 348 g/mol. The third-order valence-corrected chi connectivity index (χ3v) is 4.62. The first-order valence-corrected chi connectivity index (χ1v) is 8.12. The van der Waals surface area contributed by atoms with Gasteiger partial charge in [-0.3, -0.25) is 9.59 Å². The van der Waals surface area contributed by atoms with Crippen molar-refractivity contribution in [1.82, 2.24) is 0 Å². The maximum atomic E-state index is 12.8. The number of rotatable bonds is 2. The van der Waals surface area contributed by atoms with Crippen molar-refractivity contribution in [2.24, 2.45) is 0 Å². The van der Waals surface area contributed by atoms with Gasteiger partial charge in [-0.15, -0.1) is 0 Å². The van der Waals surface area contributed by atoms with E-state index in [1.807, 2.05) is 12.1 Å². The van der Waals surface area contributed by atoms with E-state index in [4.69, 9.17) is 9.47 Å². The summed E-state index contributed by atoms with van der Waals surface area (Å²) in [6.45, 7) is 2.83. The Labute approximate surface area is 148 Å². The Morgan fingerprint density at radius 1 is 0.923 bits per heavy atom. The van der Waals surface area contributed by atoms with Crippen LogP contribution in [-0.2, 0) is 4.79 Å². The summed E-state index contributed by atoms with van der Waals surface area (Å²) in [7, 11) is 1.55. The molecule has 5 heteroatoms. The van der Waals surface area contributed by atoms with Crippen LogP contribution in [0.4, 0.5) is 0 Å².